The predicted molar refractivity (Wildman–Crippen MR) is 99.5 cm³/mol. The van der Waals surface area contributed by atoms with Crippen molar-refractivity contribution in [3.05, 3.63) is 51.5 Å². The third kappa shape index (κ3) is 4.94. The fraction of sp³-hybridized carbons (Fsp3) is 0.278. The van der Waals surface area contributed by atoms with Gasteiger partial charge in [0, 0.05) is 17.6 Å². The number of ether oxygens (including phenoxy) is 2. The Labute approximate surface area is 156 Å². The molecule has 7 heteroatoms. The fourth-order valence-electron chi connectivity index (χ4n) is 2.20. The van der Waals surface area contributed by atoms with Gasteiger partial charge >= 0.3 is 5.97 Å². The van der Waals surface area contributed by atoms with E-state index in [-0.39, 0.29) is 11.7 Å². The largest absolute Gasteiger partial charge is 0.493 e. The summed E-state index contributed by atoms with van der Waals surface area (Å²) in [5.74, 6) is 0.118. The predicted octanol–water partition coefficient (Wildman–Crippen LogP) is 5.10. The summed E-state index contributed by atoms with van der Waals surface area (Å²) in [5.41, 5.74) is 1.43. The van der Waals surface area contributed by atoms with E-state index in [2.05, 4.69) is 5.32 Å². The lowest BCUT2D eigenvalue weighted by Gasteiger charge is -2.16. The molecule has 2 aromatic rings. The highest BCUT2D eigenvalue weighted by molar-refractivity contribution is 6.33. The van der Waals surface area contributed by atoms with Crippen LogP contribution in [-0.4, -0.2) is 24.3 Å². The van der Waals surface area contributed by atoms with Crippen molar-refractivity contribution in [1.29, 1.82) is 0 Å². The van der Waals surface area contributed by atoms with E-state index in [4.69, 9.17) is 37.8 Å². The van der Waals surface area contributed by atoms with Crippen molar-refractivity contribution in [2.75, 3.05) is 12.4 Å². The Balaban J connectivity index is 2.23. The number of methoxy groups -OCH3 is 1. The molecule has 134 valence electrons. The smallest absolute Gasteiger partial charge is 0.335 e. The first kappa shape index (κ1) is 19.2. The fourth-order valence-corrected chi connectivity index (χ4v) is 2.61. The molecule has 0 aliphatic rings. The number of aromatic carboxylic acids is 1. The normalized spacial score (nSPS) is 10.6. The van der Waals surface area contributed by atoms with Crippen molar-refractivity contribution in [2.45, 2.75) is 26.5 Å². The number of rotatable bonds is 7. The van der Waals surface area contributed by atoms with Gasteiger partial charge < -0.3 is 19.9 Å². The molecule has 0 radical (unpaired) electrons. The van der Waals surface area contributed by atoms with E-state index in [0.29, 0.717) is 33.8 Å². The van der Waals surface area contributed by atoms with Crippen LogP contribution in [0, 0.1) is 0 Å². The third-order valence-electron chi connectivity index (χ3n) is 3.38. The summed E-state index contributed by atoms with van der Waals surface area (Å²) in [6.07, 6.45) is -0.00786. The topological polar surface area (TPSA) is 67.8 Å². The Morgan fingerprint density at radius 1 is 1.16 bits per heavy atom. The average molecular weight is 384 g/mol. The molecule has 2 aromatic carbocycles. The van der Waals surface area contributed by atoms with Crippen LogP contribution in [0.15, 0.2) is 30.3 Å². The summed E-state index contributed by atoms with van der Waals surface area (Å²) < 4.78 is 11.0. The van der Waals surface area contributed by atoms with Gasteiger partial charge in [-0.1, -0.05) is 23.2 Å². The number of halogens is 2. The molecule has 0 unspecified atom stereocenters. The minimum atomic E-state index is -1.02. The Kier molecular flexibility index (Phi) is 6.39. The molecule has 2 rings (SSSR count). The van der Waals surface area contributed by atoms with Gasteiger partial charge in [-0.2, -0.15) is 0 Å². The zero-order chi connectivity index (χ0) is 18.6. The molecule has 0 atom stereocenters. The van der Waals surface area contributed by atoms with E-state index in [0.717, 1.165) is 5.56 Å². The lowest BCUT2D eigenvalue weighted by molar-refractivity contribution is 0.0697. The Morgan fingerprint density at radius 3 is 2.48 bits per heavy atom. The average Bonchev–Trinajstić information content (AvgIpc) is 2.54. The van der Waals surface area contributed by atoms with Crippen molar-refractivity contribution < 1.29 is 19.4 Å². The lowest BCUT2D eigenvalue weighted by atomic mass is 10.1. The number of benzene rings is 2. The molecule has 0 bridgehead atoms. The minimum Gasteiger partial charge on any atom is -0.493 e. The second-order valence-electron chi connectivity index (χ2n) is 5.61. The zero-order valence-electron chi connectivity index (χ0n) is 14.1. The second-order valence-corrected chi connectivity index (χ2v) is 6.43. The van der Waals surface area contributed by atoms with E-state index in [1.165, 1.54) is 18.2 Å². The first-order valence-electron chi connectivity index (χ1n) is 7.61. The van der Waals surface area contributed by atoms with Crippen LogP contribution in [0.3, 0.4) is 0 Å². The van der Waals surface area contributed by atoms with Crippen LogP contribution < -0.4 is 14.8 Å². The van der Waals surface area contributed by atoms with Gasteiger partial charge in [0.1, 0.15) is 0 Å². The first-order chi connectivity index (χ1) is 11.8. The van der Waals surface area contributed by atoms with E-state index < -0.39 is 5.97 Å². The summed E-state index contributed by atoms with van der Waals surface area (Å²) in [7, 11) is 1.56. The molecular weight excluding hydrogens is 365 g/mol. The number of hydrogen-bond acceptors (Lipinski definition) is 4. The summed E-state index contributed by atoms with van der Waals surface area (Å²) in [6, 6.07) is 7.94. The van der Waals surface area contributed by atoms with Crippen LogP contribution >= 0.6 is 23.2 Å². The standard InChI is InChI=1S/C18H19Cl2NO4/c1-10(2)25-17-8-14(20)12(7-16(17)24-3)9-21-15-6-11(18(22)23)4-5-13(15)19/h4-8,10,21H,9H2,1-3H3,(H,22,23). The van der Waals surface area contributed by atoms with Crippen LogP contribution in [0.2, 0.25) is 10.0 Å². The second kappa shape index (κ2) is 8.32. The van der Waals surface area contributed by atoms with E-state index in [1.807, 2.05) is 13.8 Å². The number of hydrogen-bond donors (Lipinski definition) is 2. The SMILES string of the molecule is COc1cc(CNc2cc(C(=O)O)ccc2Cl)c(Cl)cc1OC(C)C. The summed E-state index contributed by atoms with van der Waals surface area (Å²) >= 11 is 12.4. The number of carboxylic acid groups (broad SMARTS) is 1. The third-order valence-corrected chi connectivity index (χ3v) is 4.06. The number of carbonyl (C=O) groups is 1. The maximum atomic E-state index is 11.1. The molecule has 0 heterocycles. The van der Waals surface area contributed by atoms with Crippen LogP contribution in [0.5, 0.6) is 11.5 Å². The summed E-state index contributed by atoms with van der Waals surface area (Å²) in [6.45, 7) is 4.18. The summed E-state index contributed by atoms with van der Waals surface area (Å²) in [5, 5.41) is 13.1. The monoisotopic (exact) mass is 383 g/mol. The Hall–Kier alpha value is -2.11. The lowest BCUT2D eigenvalue weighted by Crippen LogP contribution is -2.08. The van der Waals surface area contributed by atoms with Gasteiger partial charge in [0.25, 0.3) is 0 Å². The van der Waals surface area contributed by atoms with Gasteiger partial charge in [-0.05, 0) is 43.7 Å². The van der Waals surface area contributed by atoms with Gasteiger partial charge in [-0.3, -0.25) is 0 Å². The highest BCUT2D eigenvalue weighted by Gasteiger charge is 2.13. The number of carboxylic acids is 1. The molecule has 0 aliphatic heterocycles. The summed E-state index contributed by atoms with van der Waals surface area (Å²) in [4.78, 5) is 11.1. The minimum absolute atomic E-state index is 0.00786. The van der Waals surface area contributed by atoms with Crippen molar-refractivity contribution in [2.24, 2.45) is 0 Å². The molecule has 0 saturated heterocycles. The number of nitrogens with one attached hydrogen (secondary N) is 1. The van der Waals surface area contributed by atoms with Gasteiger partial charge in [0.2, 0.25) is 0 Å². The Morgan fingerprint density at radius 2 is 1.88 bits per heavy atom. The van der Waals surface area contributed by atoms with E-state index >= 15 is 0 Å². The zero-order valence-corrected chi connectivity index (χ0v) is 15.6. The van der Waals surface area contributed by atoms with Crippen LogP contribution in [0.1, 0.15) is 29.8 Å². The van der Waals surface area contributed by atoms with Crippen LogP contribution in [0.25, 0.3) is 0 Å². The first-order valence-corrected chi connectivity index (χ1v) is 8.37. The highest BCUT2D eigenvalue weighted by Crippen LogP contribution is 2.34. The Bertz CT molecular complexity index is 778. The van der Waals surface area contributed by atoms with Gasteiger partial charge in [0.05, 0.1) is 29.5 Å². The van der Waals surface area contributed by atoms with Crippen molar-refractivity contribution in [3.8, 4) is 11.5 Å². The molecular formula is C18H19Cl2NO4. The maximum absolute atomic E-state index is 11.1. The molecule has 0 aromatic heterocycles. The van der Waals surface area contributed by atoms with Gasteiger partial charge in [-0.15, -0.1) is 0 Å². The van der Waals surface area contributed by atoms with E-state index in [9.17, 15) is 4.79 Å². The molecule has 5 nitrogen and oxygen atoms in total. The van der Waals surface area contributed by atoms with Gasteiger partial charge in [-0.25, -0.2) is 4.79 Å². The molecule has 0 saturated carbocycles. The van der Waals surface area contributed by atoms with Crippen LogP contribution in [0.4, 0.5) is 5.69 Å². The quantitative estimate of drug-likeness (QED) is 0.695. The van der Waals surface area contributed by atoms with Crippen molar-refractivity contribution >= 4 is 34.9 Å². The highest BCUT2D eigenvalue weighted by atomic mass is 35.5. The van der Waals surface area contributed by atoms with Gasteiger partial charge in [0.15, 0.2) is 11.5 Å². The van der Waals surface area contributed by atoms with Crippen molar-refractivity contribution in [3.63, 3.8) is 0 Å². The van der Waals surface area contributed by atoms with Crippen LogP contribution in [-0.2, 0) is 6.54 Å². The molecule has 0 fully saturated rings. The molecule has 2 N–H and O–H groups in total. The maximum Gasteiger partial charge on any atom is 0.335 e. The molecule has 25 heavy (non-hydrogen) atoms. The van der Waals surface area contributed by atoms with Crippen molar-refractivity contribution in [1.82, 2.24) is 0 Å². The molecule has 0 spiro atoms. The number of anilines is 1. The van der Waals surface area contributed by atoms with E-state index in [1.54, 1.807) is 19.2 Å². The molecule has 0 amide bonds. The molecule has 0 aliphatic carbocycles.